The standard InChI is InChI=1S/C28H32N2O3/c1-19(2)22-13-11-20(3)17-26(22)33-16-8-15-30-24-10-7-6-9-23(24)29-28(30)21-12-14-25(31-4)27(18-21)32-5/h6-7,9-14,17-19H,8,15-16H2,1-5H3. The Morgan fingerprint density at radius 2 is 1.67 bits per heavy atom. The van der Waals surface area contributed by atoms with Gasteiger partial charge in [0.25, 0.3) is 0 Å². The van der Waals surface area contributed by atoms with Crippen molar-refractivity contribution in [2.75, 3.05) is 20.8 Å². The molecule has 0 fully saturated rings. The molecule has 3 aromatic carbocycles. The first-order chi connectivity index (χ1) is 16.0. The molecule has 5 heteroatoms. The van der Waals surface area contributed by atoms with Crippen molar-refractivity contribution in [3.63, 3.8) is 0 Å². The van der Waals surface area contributed by atoms with E-state index in [1.54, 1.807) is 14.2 Å². The van der Waals surface area contributed by atoms with E-state index in [-0.39, 0.29) is 0 Å². The molecule has 0 aliphatic rings. The van der Waals surface area contributed by atoms with Crippen molar-refractivity contribution in [3.05, 3.63) is 71.8 Å². The topological polar surface area (TPSA) is 45.5 Å². The quantitative estimate of drug-likeness (QED) is 0.272. The summed E-state index contributed by atoms with van der Waals surface area (Å²) in [7, 11) is 3.30. The van der Waals surface area contributed by atoms with E-state index in [4.69, 9.17) is 19.2 Å². The number of hydrogen-bond acceptors (Lipinski definition) is 4. The monoisotopic (exact) mass is 444 g/mol. The minimum absolute atomic E-state index is 0.426. The molecule has 0 aliphatic heterocycles. The number of ether oxygens (including phenoxy) is 3. The van der Waals surface area contributed by atoms with Crippen molar-refractivity contribution in [1.29, 1.82) is 0 Å². The molecule has 5 nitrogen and oxygen atoms in total. The lowest BCUT2D eigenvalue weighted by atomic mass is 10.0. The van der Waals surface area contributed by atoms with Crippen LogP contribution < -0.4 is 14.2 Å². The fourth-order valence-corrected chi connectivity index (χ4v) is 4.15. The molecular formula is C28H32N2O3. The van der Waals surface area contributed by atoms with Crippen LogP contribution in [0.1, 0.15) is 37.3 Å². The molecule has 0 N–H and O–H groups in total. The molecule has 0 spiro atoms. The van der Waals surface area contributed by atoms with Crippen LogP contribution >= 0.6 is 0 Å². The number of rotatable bonds is 9. The van der Waals surface area contributed by atoms with Crippen molar-refractivity contribution in [3.8, 4) is 28.6 Å². The molecule has 0 saturated carbocycles. The molecular weight excluding hydrogens is 412 g/mol. The maximum atomic E-state index is 6.23. The Morgan fingerprint density at radius 3 is 2.42 bits per heavy atom. The van der Waals surface area contributed by atoms with Gasteiger partial charge < -0.3 is 18.8 Å². The summed E-state index contributed by atoms with van der Waals surface area (Å²) in [4.78, 5) is 4.93. The number of hydrogen-bond donors (Lipinski definition) is 0. The number of aryl methyl sites for hydroxylation is 2. The van der Waals surface area contributed by atoms with Gasteiger partial charge in [0.05, 0.1) is 31.9 Å². The summed E-state index contributed by atoms with van der Waals surface area (Å²) >= 11 is 0. The second kappa shape index (κ2) is 9.99. The summed E-state index contributed by atoms with van der Waals surface area (Å²) in [6, 6.07) is 20.6. The SMILES string of the molecule is COc1ccc(-c2nc3ccccc3n2CCCOc2cc(C)ccc2C(C)C)cc1OC. The summed E-state index contributed by atoms with van der Waals surface area (Å²) in [5.41, 5.74) is 5.54. The van der Waals surface area contributed by atoms with Crippen molar-refractivity contribution in [2.45, 2.75) is 39.7 Å². The maximum absolute atomic E-state index is 6.23. The molecule has 0 amide bonds. The van der Waals surface area contributed by atoms with Crippen LogP contribution in [0.5, 0.6) is 17.2 Å². The summed E-state index contributed by atoms with van der Waals surface area (Å²) in [6.07, 6.45) is 0.867. The smallest absolute Gasteiger partial charge is 0.161 e. The fourth-order valence-electron chi connectivity index (χ4n) is 4.15. The first-order valence-electron chi connectivity index (χ1n) is 11.4. The lowest BCUT2D eigenvalue weighted by Crippen LogP contribution is -2.07. The lowest BCUT2D eigenvalue weighted by molar-refractivity contribution is 0.298. The Balaban J connectivity index is 1.58. The number of fused-ring (bicyclic) bond motifs is 1. The highest BCUT2D eigenvalue weighted by Gasteiger charge is 2.15. The fraction of sp³-hybridized carbons (Fsp3) is 0.321. The number of nitrogens with zero attached hydrogens (tertiary/aromatic N) is 2. The van der Waals surface area contributed by atoms with Crippen LogP contribution in [0.25, 0.3) is 22.4 Å². The summed E-state index contributed by atoms with van der Waals surface area (Å²) in [6.45, 7) is 7.94. The van der Waals surface area contributed by atoms with Crippen LogP contribution in [0.4, 0.5) is 0 Å². The van der Waals surface area contributed by atoms with Gasteiger partial charge in [0.2, 0.25) is 0 Å². The van der Waals surface area contributed by atoms with Gasteiger partial charge in [-0.3, -0.25) is 0 Å². The molecule has 1 aromatic heterocycles. The van der Waals surface area contributed by atoms with E-state index in [0.29, 0.717) is 24.0 Å². The molecule has 0 aliphatic carbocycles. The Morgan fingerprint density at radius 1 is 0.879 bits per heavy atom. The zero-order valence-electron chi connectivity index (χ0n) is 20.1. The predicted molar refractivity (Wildman–Crippen MR) is 134 cm³/mol. The number of benzene rings is 3. The van der Waals surface area contributed by atoms with Gasteiger partial charge in [-0.1, -0.05) is 38.1 Å². The van der Waals surface area contributed by atoms with Crippen LogP contribution in [0.2, 0.25) is 0 Å². The largest absolute Gasteiger partial charge is 0.493 e. The van der Waals surface area contributed by atoms with E-state index >= 15 is 0 Å². The van der Waals surface area contributed by atoms with E-state index in [0.717, 1.165) is 41.1 Å². The summed E-state index contributed by atoms with van der Waals surface area (Å²) in [5.74, 6) is 3.72. The van der Waals surface area contributed by atoms with E-state index < -0.39 is 0 Å². The van der Waals surface area contributed by atoms with Gasteiger partial charge >= 0.3 is 0 Å². The predicted octanol–water partition coefficient (Wildman–Crippen LogP) is 6.62. The lowest BCUT2D eigenvalue weighted by Gasteiger charge is -2.16. The molecule has 0 bridgehead atoms. The van der Waals surface area contributed by atoms with E-state index in [2.05, 4.69) is 55.7 Å². The molecule has 172 valence electrons. The summed E-state index contributed by atoms with van der Waals surface area (Å²) in [5, 5.41) is 0. The molecule has 4 aromatic rings. The first kappa shape index (κ1) is 22.7. The molecule has 1 heterocycles. The number of imidazole rings is 1. The second-order valence-electron chi connectivity index (χ2n) is 8.54. The Kier molecular flexibility index (Phi) is 6.87. The van der Waals surface area contributed by atoms with E-state index in [9.17, 15) is 0 Å². The van der Waals surface area contributed by atoms with Gasteiger partial charge in [-0.15, -0.1) is 0 Å². The Bertz CT molecular complexity index is 1240. The average molecular weight is 445 g/mol. The van der Waals surface area contributed by atoms with Crippen molar-refractivity contribution < 1.29 is 14.2 Å². The minimum atomic E-state index is 0.426. The second-order valence-corrected chi connectivity index (χ2v) is 8.54. The zero-order chi connectivity index (χ0) is 23.4. The minimum Gasteiger partial charge on any atom is -0.493 e. The third kappa shape index (κ3) is 4.82. The normalized spacial score (nSPS) is 11.2. The molecule has 0 radical (unpaired) electrons. The van der Waals surface area contributed by atoms with Gasteiger partial charge in [0.15, 0.2) is 11.5 Å². The highest BCUT2D eigenvalue weighted by atomic mass is 16.5. The number of para-hydroxylation sites is 2. The van der Waals surface area contributed by atoms with Gasteiger partial charge in [-0.25, -0.2) is 4.98 Å². The van der Waals surface area contributed by atoms with E-state index in [1.807, 2.05) is 30.3 Å². The van der Waals surface area contributed by atoms with Gasteiger partial charge in [-0.05, 0) is 66.8 Å². The average Bonchev–Trinajstić information content (AvgIpc) is 3.19. The highest BCUT2D eigenvalue weighted by molar-refractivity contribution is 5.81. The van der Waals surface area contributed by atoms with Crippen molar-refractivity contribution >= 4 is 11.0 Å². The molecule has 0 unspecified atom stereocenters. The highest BCUT2D eigenvalue weighted by Crippen LogP contribution is 2.33. The van der Waals surface area contributed by atoms with E-state index in [1.165, 1.54) is 11.1 Å². The molecule has 0 atom stereocenters. The summed E-state index contributed by atoms with van der Waals surface area (Å²) < 4.78 is 19.4. The zero-order valence-corrected chi connectivity index (χ0v) is 20.1. The van der Waals surface area contributed by atoms with Crippen molar-refractivity contribution in [1.82, 2.24) is 9.55 Å². The number of methoxy groups -OCH3 is 2. The Hall–Kier alpha value is -3.47. The van der Waals surface area contributed by atoms with Gasteiger partial charge in [0, 0.05) is 12.1 Å². The van der Waals surface area contributed by atoms with Crippen LogP contribution in [0.15, 0.2) is 60.7 Å². The van der Waals surface area contributed by atoms with Gasteiger partial charge in [0.1, 0.15) is 11.6 Å². The van der Waals surface area contributed by atoms with Crippen molar-refractivity contribution in [2.24, 2.45) is 0 Å². The third-order valence-corrected chi connectivity index (χ3v) is 5.87. The molecule has 33 heavy (non-hydrogen) atoms. The van der Waals surface area contributed by atoms with Crippen LogP contribution in [-0.4, -0.2) is 30.4 Å². The first-order valence-corrected chi connectivity index (χ1v) is 11.4. The molecule has 0 saturated heterocycles. The van der Waals surface area contributed by atoms with Crippen LogP contribution in [-0.2, 0) is 6.54 Å². The number of aromatic nitrogens is 2. The maximum Gasteiger partial charge on any atom is 0.161 e. The van der Waals surface area contributed by atoms with Crippen LogP contribution in [0, 0.1) is 6.92 Å². The van der Waals surface area contributed by atoms with Gasteiger partial charge in [-0.2, -0.15) is 0 Å². The third-order valence-electron chi connectivity index (χ3n) is 5.87. The Labute approximate surface area is 195 Å². The molecule has 4 rings (SSSR count). The van der Waals surface area contributed by atoms with Crippen LogP contribution in [0.3, 0.4) is 0 Å².